The predicted octanol–water partition coefficient (Wildman–Crippen LogP) is 3.34. The van der Waals surface area contributed by atoms with Crippen molar-refractivity contribution in [1.82, 2.24) is 0 Å². The van der Waals surface area contributed by atoms with E-state index >= 15 is 0 Å². The Labute approximate surface area is 118 Å². The SMILES string of the molecule is COc1ccc(CNc2ccc(C)c(O)c2C)c(O)c1. The summed E-state index contributed by atoms with van der Waals surface area (Å²) in [5.41, 5.74) is 3.27. The van der Waals surface area contributed by atoms with E-state index in [0.717, 1.165) is 22.4 Å². The minimum Gasteiger partial charge on any atom is -0.507 e. The smallest absolute Gasteiger partial charge is 0.124 e. The van der Waals surface area contributed by atoms with E-state index in [1.165, 1.54) is 0 Å². The molecule has 2 aromatic carbocycles. The first-order chi connectivity index (χ1) is 9.52. The molecular weight excluding hydrogens is 254 g/mol. The van der Waals surface area contributed by atoms with Gasteiger partial charge in [0.05, 0.1) is 7.11 Å². The van der Waals surface area contributed by atoms with Crippen LogP contribution in [0.1, 0.15) is 16.7 Å². The number of benzene rings is 2. The van der Waals surface area contributed by atoms with Gasteiger partial charge in [-0.05, 0) is 37.6 Å². The number of methoxy groups -OCH3 is 1. The minimum atomic E-state index is 0.186. The number of hydrogen-bond donors (Lipinski definition) is 3. The van der Waals surface area contributed by atoms with Crippen LogP contribution < -0.4 is 10.1 Å². The van der Waals surface area contributed by atoms with E-state index in [2.05, 4.69) is 5.32 Å². The summed E-state index contributed by atoms with van der Waals surface area (Å²) in [5, 5.41) is 23.0. The zero-order valence-corrected chi connectivity index (χ0v) is 11.9. The lowest BCUT2D eigenvalue weighted by atomic mass is 10.1. The molecule has 106 valence electrons. The molecule has 0 unspecified atom stereocenters. The Kier molecular flexibility index (Phi) is 4.03. The van der Waals surface area contributed by atoms with Crippen LogP contribution in [0, 0.1) is 13.8 Å². The molecule has 0 saturated carbocycles. The van der Waals surface area contributed by atoms with Gasteiger partial charge < -0.3 is 20.3 Å². The molecule has 4 heteroatoms. The normalized spacial score (nSPS) is 10.3. The Morgan fingerprint density at radius 1 is 1.10 bits per heavy atom. The van der Waals surface area contributed by atoms with E-state index in [-0.39, 0.29) is 5.75 Å². The summed E-state index contributed by atoms with van der Waals surface area (Å²) in [6.07, 6.45) is 0. The lowest BCUT2D eigenvalue weighted by Gasteiger charge is -2.13. The molecule has 2 rings (SSSR count). The topological polar surface area (TPSA) is 61.7 Å². The highest BCUT2D eigenvalue weighted by Crippen LogP contribution is 2.29. The molecule has 0 aliphatic carbocycles. The van der Waals surface area contributed by atoms with Crippen LogP contribution in [0.25, 0.3) is 0 Å². The third-order valence-corrected chi connectivity index (χ3v) is 3.39. The highest BCUT2D eigenvalue weighted by molar-refractivity contribution is 5.59. The Balaban J connectivity index is 2.15. The molecule has 4 nitrogen and oxygen atoms in total. The third kappa shape index (κ3) is 2.79. The zero-order valence-electron chi connectivity index (χ0n) is 11.9. The number of aromatic hydroxyl groups is 2. The Hall–Kier alpha value is -2.36. The Morgan fingerprint density at radius 3 is 2.50 bits per heavy atom. The van der Waals surface area contributed by atoms with Crippen LogP contribution in [-0.4, -0.2) is 17.3 Å². The van der Waals surface area contributed by atoms with E-state index in [1.54, 1.807) is 19.2 Å². The van der Waals surface area contributed by atoms with E-state index in [9.17, 15) is 10.2 Å². The lowest BCUT2D eigenvalue weighted by molar-refractivity contribution is 0.406. The van der Waals surface area contributed by atoms with Gasteiger partial charge in [0.15, 0.2) is 0 Å². The maximum absolute atomic E-state index is 9.90. The van der Waals surface area contributed by atoms with Crippen molar-refractivity contribution in [3.05, 3.63) is 47.0 Å². The number of ether oxygens (including phenoxy) is 1. The van der Waals surface area contributed by atoms with E-state index < -0.39 is 0 Å². The maximum Gasteiger partial charge on any atom is 0.124 e. The summed E-state index contributed by atoms with van der Waals surface area (Å²) in [6, 6.07) is 8.97. The van der Waals surface area contributed by atoms with Gasteiger partial charge in [-0.1, -0.05) is 6.07 Å². The van der Waals surface area contributed by atoms with Crippen molar-refractivity contribution in [2.45, 2.75) is 20.4 Å². The van der Waals surface area contributed by atoms with E-state index in [0.29, 0.717) is 18.0 Å². The molecule has 0 radical (unpaired) electrons. The van der Waals surface area contributed by atoms with E-state index in [4.69, 9.17) is 4.74 Å². The molecule has 20 heavy (non-hydrogen) atoms. The van der Waals surface area contributed by atoms with Crippen molar-refractivity contribution in [3.63, 3.8) is 0 Å². The molecule has 0 amide bonds. The molecule has 0 aliphatic heterocycles. The number of rotatable bonds is 4. The summed E-state index contributed by atoms with van der Waals surface area (Å²) < 4.78 is 5.05. The van der Waals surface area contributed by atoms with Crippen LogP contribution in [0.5, 0.6) is 17.2 Å². The minimum absolute atomic E-state index is 0.186. The molecule has 0 saturated heterocycles. The summed E-state index contributed by atoms with van der Waals surface area (Å²) >= 11 is 0. The van der Waals surface area contributed by atoms with Gasteiger partial charge >= 0.3 is 0 Å². The zero-order chi connectivity index (χ0) is 14.7. The van der Waals surface area contributed by atoms with Crippen LogP contribution in [0.4, 0.5) is 5.69 Å². The first kappa shape index (κ1) is 14.1. The van der Waals surface area contributed by atoms with Crippen molar-refractivity contribution in [3.8, 4) is 17.2 Å². The number of phenolic OH excluding ortho intramolecular Hbond substituents is 2. The summed E-state index contributed by atoms with van der Waals surface area (Å²) in [6.45, 7) is 4.19. The van der Waals surface area contributed by atoms with Gasteiger partial charge in [-0.2, -0.15) is 0 Å². The van der Waals surface area contributed by atoms with Gasteiger partial charge in [0.1, 0.15) is 17.2 Å². The lowest BCUT2D eigenvalue weighted by Crippen LogP contribution is -2.02. The van der Waals surface area contributed by atoms with E-state index in [1.807, 2.05) is 32.0 Å². The van der Waals surface area contributed by atoms with Crippen molar-refractivity contribution in [2.24, 2.45) is 0 Å². The second kappa shape index (κ2) is 5.74. The molecule has 3 N–H and O–H groups in total. The van der Waals surface area contributed by atoms with Crippen molar-refractivity contribution >= 4 is 5.69 Å². The maximum atomic E-state index is 9.90. The molecule has 0 bridgehead atoms. The van der Waals surface area contributed by atoms with Crippen molar-refractivity contribution < 1.29 is 14.9 Å². The highest BCUT2D eigenvalue weighted by Gasteiger charge is 2.07. The fraction of sp³-hybridized carbons (Fsp3) is 0.250. The second-order valence-corrected chi connectivity index (χ2v) is 4.75. The molecule has 2 aromatic rings. The number of nitrogens with one attached hydrogen (secondary N) is 1. The van der Waals surface area contributed by atoms with Gasteiger partial charge in [0, 0.05) is 29.4 Å². The number of phenols is 2. The average molecular weight is 273 g/mol. The fourth-order valence-corrected chi connectivity index (χ4v) is 2.04. The molecule has 0 spiro atoms. The second-order valence-electron chi connectivity index (χ2n) is 4.75. The third-order valence-electron chi connectivity index (χ3n) is 3.39. The van der Waals surface area contributed by atoms with Gasteiger partial charge in [0.2, 0.25) is 0 Å². The van der Waals surface area contributed by atoms with Crippen molar-refractivity contribution in [1.29, 1.82) is 0 Å². The quantitative estimate of drug-likeness (QED) is 0.799. The standard InChI is InChI=1S/C16H19NO3/c1-10-4-7-14(11(2)16(10)19)17-9-12-5-6-13(20-3)8-15(12)18/h4-8,17-19H,9H2,1-3H3. The molecule has 0 aliphatic rings. The van der Waals surface area contributed by atoms with Crippen LogP contribution in [-0.2, 0) is 6.54 Å². The predicted molar refractivity (Wildman–Crippen MR) is 79.6 cm³/mol. The number of aryl methyl sites for hydroxylation is 1. The van der Waals surface area contributed by atoms with Crippen molar-refractivity contribution in [2.75, 3.05) is 12.4 Å². The van der Waals surface area contributed by atoms with Crippen LogP contribution >= 0.6 is 0 Å². The summed E-state index contributed by atoms with van der Waals surface area (Å²) in [7, 11) is 1.56. The average Bonchev–Trinajstić information content (AvgIpc) is 2.45. The number of anilines is 1. The first-order valence-electron chi connectivity index (χ1n) is 6.42. The largest absolute Gasteiger partial charge is 0.507 e. The van der Waals surface area contributed by atoms with Gasteiger partial charge in [-0.3, -0.25) is 0 Å². The summed E-state index contributed by atoms with van der Waals surface area (Å²) in [4.78, 5) is 0. The molecule has 0 atom stereocenters. The van der Waals surface area contributed by atoms with Crippen LogP contribution in [0.2, 0.25) is 0 Å². The monoisotopic (exact) mass is 273 g/mol. The first-order valence-corrected chi connectivity index (χ1v) is 6.42. The van der Waals surface area contributed by atoms with Crippen LogP contribution in [0.3, 0.4) is 0 Å². The summed E-state index contributed by atoms with van der Waals surface area (Å²) in [5.74, 6) is 1.11. The van der Waals surface area contributed by atoms with Gasteiger partial charge in [-0.25, -0.2) is 0 Å². The Morgan fingerprint density at radius 2 is 1.85 bits per heavy atom. The molecule has 0 fully saturated rings. The molecule has 0 aromatic heterocycles. The molecule has 0 heterocycles. The van der Waals surface area contributed by atoms with Gasteiger partial charge in [0.25, 0.3) is 0 Å². The Bertz CT molecular complexity index is 623. The fourth-order valence-electron chi connectivity index (χ4n) is 2.04. The highest BCUT2D eigenvalue weighted by atomic mass is 16.5. The number of hydrogen-bond acceptors (Lipinski definition) is 4. The molecular formula is C16H19NO3. The van der Waals surface area contributed by atoms with Gasteiger partial charge in [-0.15, -0.1) is 0 Å². The van der Waals surface area contributed by atoms with Crippen LogP contribution in [0.15, 0.2) is 30.3 Å².